The Bertz CT molecular complexity index is 447. The lowest BCUT2D eigenvalue weighted by atomic mass is 9.50. The molecule has 1 nitrogen and oxygen atoms in total. The Morgan fingerprint density at radius 2 is 1.68 bits per heavy atom. The van der Waals surface area contributed by atoms with Gasteiger partial charge in [0.25, 0.3) is 0 Å². The maximum atomic E-state index is 6.14. The zero-order valence-corrected chi connectivity index (χ0v) is 12.9. The van der Waals surface area contributed by atoms with Gasteiger partial charge in [-0.3, -0.25) is 0 Å². The Kier molecular flexibility index (Phi) is 2.91. The van der Waals surface area contributed by atoms with Gasteiger partial charge in [0.15, 0.2) is 0 Å². The van der Waals surface area contributed by atoms with E-state index in [0.29, 0.717) is 5.41 Å². The number of rotatable bonds is 3. The van der Waals surface area contributed by atoms with Crippen molar-refractivity contribution in [1.29, 1.82) is 0 Å². The molecule has 1 aromatic rings. The lowest BCUT2D eigenvalue weighted by Crippen LogP contribution is -2.48. The summed E-state index contributed by atoms with van der Waals surface area (Å²) in [6, 6.07) is 8.27. The number of hydrogen-bond acceptors (Lipinski definition) is 1. The number of halogens is 1. The predicted octanol–water partition coefficient (Wildman–Crippen LogP) is 5.04. The fourth-order valence-electron chi connectivity index (χ4n) is 5.26. The summed E-state index contributed by atoms with van der Waals surface area (Å²) in [6.45, 7) is 0.937. The van der Waals surface area contributed by atoms with Gasteiger partial charge in [-0.2, -0.15) is 0 Å². The van der Waals surface area contributed by atoms with Crippen LogP contribution in [0.2, 0.25) is 0 Å². The van der Waals surface area contributed by atoms with Crippen molar-refractivity contribution in [3.63, 3.8) is 0 Å². The van der Waals surface area contributed by atoms with Crippen molar-refractivity contribution < 1.29 is 4.74 Å². The lowest BCUT2D eigenvalue weighted by Gasteiger charge is -2.56. The molecule has 4 saturated carbocycles. The van der Waals surface area contributed by atoms with E-state index in [-0.39, 0.29) is 0 Å². The normalized spacial score (nSPS) is 39.5. The van der Waals surface area contributed by atoms with E-state index in [1.807, 2.05) is 0 Å². The molecule has 0 amide bonds. The summed E-state index contributed by atoms with van der Waals surface area (Å²) in [4.78, 5) is 0. The summed E-state index contributed by atoms with van der Waals surface area (Å²) in [6.07, 6.45) is 8.80. The van der Waals surface area contributed by atoms with Crippen molar-refractivity contribution >= 4 is 15.9 Å². The van der Waals surface area contributed by atoms with Crippen LogP contribution in [-0.4, -0.2) is 6.61 Å². The maximum absolute atomic E-state index is 6.14. The van der Waals surface area contributed by atoms with Crippen LogP contribution in [0.3, 0.4) is 0 Å². The predicted molar refractivity (Wildman–Crippen MR) is 80.2 cm³/mol. The van der Waals surface area contributed by atoms with Crippen molar-refractivity contribution in [3.05, 3.63) is 28.7 Å². The third kappa shape index (κ3) is 2.33. The van der Waals surface area contributed by atoms with Gasteiger partial charge in [-0.25, -0.2) is 0 Å². The first-order chi connectivity index (χ1) is 9.21. The van der Waals surface area contributed by atoms with Gasteiger partial charge in [-0.05, 0) is 74.5 Å². The van der Waals surface area contributed by atoms with E-state index in [1.165, 1.54) is 38.5 Å². The minimum absolute atomic E-state index is 0.511. The average molecular weight is 321 g/mol. The quantitative estimate of drug-likeness (QED) is 0.757. The van der Waals surface area contributed by atoms with Gasteiger partial charge in [0.1, 0.15) is 5.75 Å². The Morgan fingerprint density at radius 3 is 2.26 bits per heavy atom. The average Bonchev–Trinajstić information content (AvgIpc) is 2.35. The summed E-state index contributed by atoms with van der Waals surface area (Å²) >= 11 is 3.52. The zero-order valence-electron chi connectivity index (χ0n) is 11.3. The molecule has 0 atom stereocenters. The fraction of sp³-hybridized carbons (Fsp3) is 0.647. The third-order valence-corrected chi connectivity index (χ3v) is 6.00. The number of benzene rings is 1. The van der Waals surface area contributed by atoms with E-state index in [0.717, 1.165) is 34.6 Å². The largest absolute Gasteiger partial charge is 0.493 e. The first-order valence-corrected chi connectivity index (χ1v) is 8.38. The van der Waals surface area contributed by atoms with Crippen LogP contribution in [-0.2, 0) is 0 Å². The van der Waals surface area contributed by atoms with E-state index < -0.39 is 0 Å². The van der Waals surface area contributed by atoms with Crippen LogP contribution in [0.5, 0.6) is 5.75 Å². The van der Waals surface area contributed by atoms with Gasteiger partial charge in [0.2, 0.25) is 0 Å². The van der Waals surface area contributed by atoms with Gasteiger partial charge in [-0.1, -0.05) is 22.0 Å². The second kappa shape index (κ2) is 4.51. The van der Waals surface area contributed by atoms with Gasteiger partial charge >= 0.3 is 0 Å². The van der Waals surface area contributed by atoms with E-state index in [4.69, 9.17) is 4.74 Å². The molecule has 4 aliphatic rings. The molecule has 0 spiro atoms. The van der Waals surface area contributed by atoms with Crippen molar-refractivity contribution in [2.24, 2.45) is 23.2 Å². The summed E-state index contributed by atoms with van der Waals surface area (Å²) < 4.78 is 7.25. The Balaban J connectivity index is 1.48. The van der Waals surface area contributed by atoms with Crippen molar-refractivity contribution in [2.75, 3.05) is 6.61 Å². The van der Waals surface area contributed by atoms with Gasteiger partial charge in [0.05, 0.1) is 6.61 Å². The van der Waals surface area contributed by atoms with Crippen LogP contribution in [0.1, 0.15) is 38.5 Å². The second-order valence-electron chi connectivity index (χ2n) is 7.16. The molecule has 1 aromatic carbocycles. The summed E-state index contributed by atoms with van der Waals surface area (Å²) in [5.41, 5.74) is 0.511. The third-order valence-electron chi connectivity index (χ3n) is 5.51. The highest BCUT2D eigenvalue weighted by molar-refractivity contribution is 9.10. The van der Waals surface area contributed by atoms with Crippen molar-refractivity contribution in [1.82, 2.24) is 0 Å². The zero-order chi connectivity index (χ0) is 12.9. The molecule has 0 aromatic heterocycles. The monoisotopic (exact) mass is 320 g/mol. The first kappa shape index (κ1) is 12.3. The molecule has 0 unspecified atom stereocenters. The maximum Gasteiger partial charge on any atom is 0.120 e. The minimum Gasteiger partial charge on any atom is -0.493 e. The number of hydrogen-bond donors (Lipinski definition) is 0. The van der Waals surface area contributed by atoms with Crippen LogP contribution >= 0.6 is 15.9 Å². The molecule has 4 aliphatic carbocycles. The molecule has 5 rings (SSSR count). The van der Waals surface area contributed by atoms with Crippen LogP contribution in [0, 0.1) is 23.2 Å². The smallest absolute Gasteiger partial charge is 0.120 e. The minimum atomic E-state index is 0.511. The van der Waals surface area contributed by atoms with Crippen LogP contribution in [0.25, 0.3) is 0 Å². The van der Waals surface area contributed by atoms with Crippen LogP contribution in [0.4, 0.5) is 0 Å². The molecule has 0 aliphatic heterocycles. The first-order valence-electron chi connectivity index (χ1n) is 7.59. The van der Waals surface area contributed by atoms with Gasteiger partial charge in [0, 0.05) is 9.89 Å². The molecule has 102 valence electrons. The lowest BCUT2D eigenvalue weighted by molar-refractivity contribution is -0.0745. The van der Waals surface area contributed by atoms with Gasteiger partial charge < -0.3 is 4.74 Å². The highest BCUT2D eigenvalue weighted by Gasteiger charge is 2.51. The summed E-state index contributed by atoms with van der Waals surface area (Å²) in [5.74, 6) is 4.05. The van der Waals surface area contributed by atoms with E-state index in [1.54, 1.807) is 0 Å². The topological polar surface area (TPSA) is 9.23 Å². The van der Waals surface area contributed by atoms with E-state index >= 15 is 0 Å². The second-order valence-corrected chi connectivity index (χ2v) is 8.08. The molecule has 0 N–H and O–H groups in total. The summed E-state index contributed by atoms with van der Waals surface area (Å²) in [5, 5.41) is 0. The van der Waals surface area contributed by atoms with E-state index in [2.05, 4.69) is 40.2 Å². The molecule has 2 heteroatoms. The standard InChI is InChI=1S/C17H21BrO/c18-15-2-1-3-16(7-15)19-11-17-8-12-4-13(9-17)6-14(5-12)10-17/h1-3,7,12-14H,4-6,8-11H2. The van der Waals surface area contributed by atoms with Crippen molar-refractivity contribution in [3.8, 4) is 5.75 Å². The van der Waals surface area contributed by atoms with Crippen LogP contribution < -0.4 is 4.74 Å². The Hall–Kier alpha value is -0.500. The van der Waals surface area contributed by atoms with E-state index in [9.17, 15) is 0 Å². The molecule has 0 heterocycles. The molecule has 0 radical (unpaired) electrons. The summed E-state index contributed by atoms with van der Waals surface area (Å²) in [7, 11) is 0. The molecule has 4 fully saturated rings. The highest BCUT2D eigenvalue weighted by atomic mass is 79.9. The van der Waals surface area contributed by atoms with Crippen LogP contribution in [0.15, 0.2) is 28.7 Å². The molecule has 0 saturated heterocycles. The highest BCUT2D eigenvalue weighted by Crippen LogP contribution is 2.60. The molecule has 4 bridgehead atoms. The Morgan fingerprint density at radius 1 is 1.05 bits per heavy atom. The molecule has 19 heavy (non-hydrogen) atoms. The fourth-order valence-corrected chi connectivity index (χ4v) is 5.64. The SMILES string of the molecule is Brc1cccc(OCC23CC4CC(CC(C4)C2)C3)c1. The molecular weight excluding hydrogens is 300 g/mol. The van der Waals surface area contributed by atoms with Gasteiger partial charge in [-0.15, -0.1) is 0 Å². The van der Waals surface area contributed by atoms with Crippen molar-refractivity contribution in [2.45, 2.75) is 38.5 Å². The molecular formula is C17H21BrO. The Labute approximate surface area is 123 Å². The number of ether oxygens (including phenoxy) is 1.